The monoisotopic (exact) mass is 280 g/mol. The molecule has 0 fully saturated rings. The second kappa shape index (κ2) is 9.56. The van der Waals surface area contributed by atoms with Crippen molar-refractivity contribution in [2.75, 3.05) is 19.8 Å². The van der Waals surface area contributed by atoms with Gasteiger partial charge in [0.05, 0.1) is 19.7 Å². The highest BCUT2D eigenvalue weighted by molar-refractivity contribution is 7.10. The lowest BCUT2D eigenvalue weighted by atomic mass is 10.3. The van der Waals surface area contributed by atoms with E-state index in [-0.39, 0.29) is 5.91 Å². The fourth-order valence-electron chi connectivity index (χ4n) is 1.38. The first-order chi connectivity index (χ1) is 9.26. The van der Waals surface area contributed by atoms with Crippen LogP contribution >= 0.6 is 11.3 Å². The highest BCUT2D eigenvalue weighted by atomic mass is 32.1. The summed E-state index contributed by atoms with van der Waals surface area (Å²) >= 11 is 1.58. The summed E-state index contributed by atoms with van der Waals surface area (Å²) in [6.45, 7) is 4.14. The molecule has 1 aromatic rings. The van der Waals surface area contributed by atoms with Gasteiger partial charge in [-0.05, 0) is 12.5 Å². The van der Waals surface area contributed by atoms with Crippen molar-refractivity contribution in [3.05, 3.63) is 21.9 Å². The van der Waals surface area contributed by atoms with Crippen molar-refractivity contribution in [2.24, 2.45) is 5.73 Å². The van der Waals surface area contributed by atoms with E-state index in [1.807, 2.05) is 18.4 Å². The van der Waals surface area contributed by atoms with Gasteiger partial charge >= 0.3 is 0 Å². The number of amides is 1. The van der Waals surface area contributed by atoms with Gasteiger partial charge < -0.3 is 15.8 Å². The Bertz CT molecular complexity index is 446. The topological polar surface area (TPSA) is 64.3 Å². The summed E-state index contributed by atoms with van der Waals surface area (Å²) in [5.74, 6) is 5.78. The summed E-state index contributed by atoms with van der Waals surface area (Å²) < 4.78 is 5.27. The Morgan fingerprint density at radius 3 is 3.11 bits per heavy atom. The number of ether oxygens (including phenoxy) is 1. The van der Waals surface area contributed by atoms with Gasteiger partial charge in [-0.1, -0.05) is 18.8 Å². The van der Waals surface area contributed by atoms with Crippen LogP contribution in [-0.4, -0.2) is 25.7 Å². The van der Waals surface area contributed by atoms with Gasteiger partial charge in [-0.15, -0.1) is 11.3 Å². The van der Waals surface area contributed by atoms with Crippen molar-refractivity contribution in [2.45, 2.75) is 26.3 Å². The van der Waals surface area contributed by atoms with Crippen molar-refractivity contribution < 1.29 is 9.53 Å². The van der Waals surface area contributed by atoms with Gasteiger partial charge in [0, 0.05) is 28.8 Å². The molecule has 0 spiro atoms. The maximum Gasteiger partial charge on any atom is 0.222 e. The van der Waals surface area contributed by atoms with E-state index in [0.29, 0.717) is 32.7 Å². The quantitative estimate of drug-likeness (QED) is 0.587. The van der Waals surface area contributed by atoms with E-state index in [1.165, 1.54) is 0 Å². The number of thiophene rings is 1. The van der Waals surface area contributed by atoms with Crippen molar-refractivity contribution in [3.8, 4) is 11.8 Å². The van der Waals surface area contributed by atoms with Crippen molar-refractivity contribution in [1.82, 2.24) is 5.32 Å². The zero-order chi connectivity index (χ0) is 13.9. The Kier molecular flexibility index (Phi) is 7.91. The minimum atomic E-state index is 0.0131. The molecule has 0 bridgehead atoms. The average Bonchev–Trinajstić information content (AvgIpc) is 2.87. The molecular weight excluding hydrogens is 260 g/mol. The maximum atomic E-state index is 11.5. The van der Waals surface area contributed by atoms with Crippen LogP contribution in [0.15, 0.2) is 11.4 Å². The fourth-order valence-corrected chi connectivity index (χ4v) is 2.13. The van der Waals surface area contributed by atoms with Crippen molar-refractivity contribution in [1.29, 1.82) is 0 Å². The van der Waals surface area contributed by atoms with E-state index in [9.17, 15) is 4.79 Å². The second-order valence-electron chi connectivity index (χ2n) is 3.95. The van der Waals surface area contributed by atoms with E-state index in [0.717, 1.165) is 16.9 Å². The van der Waals surface area contributed by atoms with Gasteiger partial charge in [-0.2, -0.15) is 0 Å². The SMILES string of the molecule is CCCOCCC(=O)NCc1cc(C#CCN)cs1. The van der Waals surface area contributed by atoms with E-state index in [1.54, 1.807) is 11.3 Å². The number of nitrogens with two attached hydrogens (primary N) is 1. The summed E-state index contributed by atoms with van der Waals surface area (Å²) in [4.78, 5) is 12.6. The molecule has 0 atom stereocenters. The predicted octanol–water partition coefficient (Wildman–Crippen LogP) is 1.49. The van der Waals surface area contributed by atoms with Gasteiger partial charge in [-0.25, -0.2) is 0 Å². The lowest BCUT2D eigenvalue weighted by Gasteiger charge is -2.04. The van der Waals surface area contributed by atoms with Crippen LogP contribution in [0.2, 0.25) is 0 Å². The molecule has 1 amide bonds. The largest absolute Gasteiger partial charge is 0.381 e. The smallest absolute Gasteiger partial charge is 0.222 e. The maximum absolute atomic E-state index is 11.5. The minimum absolute atomic E-state index is 0.0131. The molecule has 0 aliphatic carbocycles. The Labute approximate surface area is 118 Å². The number of nitrogens with one attached hydrogen (secondary N) is 1. The first kappa shape index (κ1) is 15.7. The second-order valence-corrected chi connectivity index (χ2v) is 4.94. The Morgan fingerprint density at radius 1 is 1.53 bits per heavy atom. The van der Waals surface area contributed by atoms with E-state index in [4.69, 9.17) is 10.5 Å². The van der Waals surface area contributed by atoms with Gasteiger partial charge in [-0.3, -0.25) is 4.79 Å². The molecule has 0 unspecified atom stereocenters. The van der Waals surface area contributed by atoms with Gasteiger partial charge in [0.2, 0.25) is 5.91 Å². The normalized spacial score (nSPS) is 9.79. The molecule has 0 saturated carbocycles. The predicted molar refractivity (Wildman–Crippen MR) is 77.8 cm³/mol. The molecule has 3 N–H and O–H groups in total. The van der Waals surface area contributed by atoms with Crippen LogP contribution in [0.5, 0.6) is 0 Å². The number of carbonyl (C=O) groups excluding carboxylic acids is 1. The third-order valence-corrected chi connectivity index (χ3v) is 3.21. The Morgan fingerprint density at radius 2 is 2.37 bits per heavy atom. The Hall–Kier alpha value is -1.35. The lowest BCUT2D eigenvalue weighted by Crippen LogP contribution is -2.23. The zero-order valence-electron chi connectivity index (χ0n) is 11.2. The number of hydrogen-bond acceptors (Lipinski definition) is 4. The number of carbonyl (C=O) groups is 1. The average molecular weight is 280 g/mol. The highest BCUT2D eigenvalue weighted by Gasteiger charge is 2.03. The minimum Gasteiger partial charge on any atom is -0.381 e. The van der Waals surface area contributed by atoms with Crippen LogP contribution in [0.3, 0.4) is 0 Å². The van der Waals surface area contributed by atoms with Gasteiger partial charge in [0.1, 0.15) is 0 Å². The molecule has 0 radical (unpaired) electrons. The van der Waals surface area contributed by atoms with Crippen LogP contribution in [0.1, 0.15) is 30.2 Å². The van der Waals surface area contributed by atoms with Gasteiger partial charge in [0.25, 0.3) is 0 Å². The first-order valence-corrected chi connectivity index (χ1v) is 7.25. The third-order valence-electron chi connectivity index (χ3n) is 2.27. The van der Waals surface area contributed by atoms with Crippen molar-refractivity contribution in [3.63, 3.8) is 0 Å². The van der Waals surface area contributed by atoms with E-state index in [2.05, 4.69) is 17.2 Å². The number of hydrogen-bond donors (Lipinski definition) is 2. The van der Waals surface area contributed by atoms with E-state index < -0.39 is 0 Å². The molecule has 0 aromatic carbocycles. The fraction of sp³-hybridized carbons (Fsp3) is 0.500. The van der Waals surface area contributed by atoms with Crippen LogP contribution in [0.4, 0.5) is 0 Å². The summed E-state index contributed by atoms with van der Waals surface area (Å²) in [5, 5.41) is 4.83. The molecule has 5 heteroatoms. The first-order valence-electron chi connectivity index (χ1n) is 6.37. The molecule has 1 heterocycles. The molecule has 19 heavy (non-hydrogen) atoms. The summed E-state index contributed by atoms with van der Waals surface area (Å²) in [5.41, 5.74) is 6.26. The molecular formula is C14H20N2O2S. The molecule has 0 saturated heterocycles. The molecule has 0 aliphatic rings. The standard InChI is InChI=1S/C14H20N2O2S/c1-2-7-18-8-5-14(17)16-10-13-9-12(11-19-13)4-3-6-15/h9,11H,2,5-8,10,15H2,1H3,(H,16,17). The highest BCUT2D eigenvalue weighted by Crippen LogP contribution is 2.13. The molecule has 1 aromatic heterocycles. The van der Waals surface area contributed by atoms with Crippen LogP contribution in [0, 0.1) is 11.8 Å². The van der Waals surface area contributed by atoms with Crippen molar-refractivity contribution >= 4 is 17.2 Å². The molecule has 104 valence electrons. The zero-order valence-corrected chi connectivity index (χ0v) is 12.0. The molecule has 4 nitrogen and oxygen atoms in total. The summed E-state index contributed by atoms with van der Waals surface area (Å²) in [6.07, 6.45) is 1.38. The van der Waals surface area contributed by atoms with Crippen LogP contribution in [-0.2, 0) is 16.1 Å². The number of rotatable bonds is 7. The molecule has 1 rings (SSSR count). The van der Waals surface area contributed by atoms with Crippen LogP contribution < -0.4 is 11.1 Å². The lowest BCUT2D eigenvalue weighted by molar-refractivity contribution is -0.122. The molecule has 0 aliphatic heterocycles. The van der Waals surface area contributed by atoms with Gasteiger partial charge in [0.15, 0.2) is 0 Å². The summed E-state index contributed by atoms with van der Waals surface area (Å²) in [6, 6.07) is 1.97. The van der Waals surface area contributed by atoms with Crippen LogP contribution in [0.25, 0.3) is 0 Å². The van der Waals surface area contributed by atoms with E-state index >= 15 is 0 Å². The third kappa shape index (κ3) is 6.97. The Balaban J connectivity index is 2.24. The summed E-state index contributed by atoms with van der Waals surface area (Å²) in [7, 11) is 0.